The molecule has 0 spiro atoms. The number of carboxylic acids is 1. The van der Waals surface area contributed by atoms with E-state index in [0.717, 1.165) is 0 Å². The summed E-state index contributed by atoms with van der Waals surface area (Å²) in [6.45, 7) is -0.579. The van der Waals surface area contributed by atoms with Gasteiger partial charge in [-0.3, -0.25) is 4.79 Å². The molecule has 0 radical (unpaired) electrons. The fourth-order valence-electron chi connectivity index (χ4n) is 1.47. The summed E-state index contributed by atoms with van der Waals surface area (Å²) in [7, 11) is 0. The summed E-state index contributed by atoms with van der Waals surface area (Å²) in [5, 5.41) is 8.55. The molecule has 0 fully saturated rings. The molecule has 0 amide bonds. The average Bonchev–Trinajstić information content (AvgIpc) is 2.27. The molecule has 5 nitrogen and oxygen atoms in total. The number of alkyl halides is 6. The molecule has 0 saturated carbocycles. The van der Waals surface area contributed by atoms with E-state index in [1.54, 1.807) is 0 Å². The molecule has 1 rings (SSSR count). The molecule has 0 aromatic carbocycles. The number of aromatic nitrogens is 1. The quantitative estimate of drug-likeness (QED) is 0.830. The first-order valence-electron chi connectivity index (χ1n) is 5.21. The second kappa shape index (κ2) is 5.76. The van der Waals surface area contributed by atoms with E-state index in [-0.39, 0.29) is 0 Å². The van der Waals surface area contributed by atoms with Crippen LogP contribution >= 0.6 is 0 Å². The molecule has 0 bridgehead atoms. The minimum Gasteiger partial charge on any atom is -0.481 e. The van der Waals surface area contributed by atoms with Gasteiger partial charge in [0.15, 0.2) is 0 Å². The van der Waals surface area contributed by atoms with Crippen molar-refractivity contribution >= 4 is 5.97 Å². The van der Waals surface area contributed by atoms with Crippen molar-refractivity contribution in [1.82, 2.24) is 4.98 Å². The van der Waals surface area contributed by atoms with Crippen molar-refractivity contribution in [3.63, 3.8) is 0 Å². The van der Waals surface area contributed by atoms with E-state index in [9.17, 15) is 31.1 Å². The number of carbonyl (C=O) groups is 1. The van der Waals surface area contributed by atoms with Gasteiger partial charge in [-0.05, 0) is 6.07 Å². The van der Waals surface area contributed by atoms with Crippen molar-refractivity contribution < 1.29 is 41.0 Å². The molecule has 0 aliphatic rings. The summed E-state index contributed by atoms with van der Waals surface area (Å²) in [6.07, 6.45) is -11.7. The van der Waals surface area contributed by atoms with Crippen molar-refractivity contribution in [2.24, 2.45) is 5.73 Å². The maximum absolute atomic E-state index is 12.8. The number of nitrogens with zero attached hydrogens (tertiary/aromatic N) is 1. The lowest BCUT2D eigenvalue weighted by Gasteiger charge is -2.17. The molecule has 3 N–H and O–H groups in total. The van der Waals surface area contributed by atoms with Gasteiger partial charge in [0.25, 0.3) is 0 Å². The molecule has 11 heteroatoms. The molecule has 1 aromatic heterocycles. The van der Waals surface area contributed by atoms with E-state index in [2.05, 4.69) is 9.72 Å². The number of nitrogens with two attached hydrogens (primary N) is 1. The Hall–Kier alpha value is -2.04. The van der Waals surface area contributed by atoms with Crippen LogP contribution in [0.3, 0.4) is 0 Å². The lowest BCUT2D eigenvalue weighted by Crippen LogP contribution is -2.23. The fourth-order valence-corrected chi connectivity index (χ4v) is 1.47. The molecule has 0 atom stereocenters. The topological polar surface area (TPSA) is 85.4 Å². The number of halogens is 6. The highest BCUT2D eigenvalue weighted by Crippen LogP contribution is 2.37. The van der Waals surface area contributed by atoms with Gasteiger partial charge in [-0.15, -0.1) is 13.2 Å². The van der Waals surface area contributed by atoms with Crippen LogP contribution < -0.4 is 10.5 Å². The van der Waals surface area contributed by atoms with Crippen LogP contribution in [0.25, 0.3) is 0 Å². The zero-order valence-corrected chi connectivity index (χ0v) is 10.0. The Kier molecular flexibility index (Phi) is 4.66. The highest BCUT2D eigenvalue weighted by Gasteiger charge is 2.39. The molecule has 0 aliphatic carbocycles. The first-order valence-corrected chi connectivity index (χ1v) is 5.21. The van der Waals surface area contributed by atoms with Gasteiger partial charge in [-0.25, -0.2) is 4.98 Å². The summed E-state index contributed by atoms with van der Waals surface area (Å²) >= 11 is 0. The first kappa shape index (κ1) is 17.0. The zero-order valence-electron chi connectivity index (χ0n) is 10.0. The summed E-state index contributed by atoms with van der Waals surface area (Å²) < 4.78 is 78.5. The fraction of sp³-hybridized carbons (Fsp3) is 0.400. The smallest absolute Gasteiger partial charge is 0.481 e. The Balaban J connectivity index is 3.53. The van der Waals surface area contributed by atoms with Crippen molar-refractivity contribution in [2.45, 2.75) is 25.5 Å². The van der Waals surface area contributed by atoms with Crippen LogP contribution in [0.4, 0.5) is 26.3 Å². The number of rotatable bonds is 4. The van der Waals surface area contributed by atoms with Crippen LogP contribution in [0, 0.1) is 0 Å². The standard InChI is InChI=1S/C10H8F6N2O3/c11-9(12,13)6-1-4(3-17)18-8(21-10(14,15)16)5(6)2-7(19)20/h1H,2-3,17H2,(H,19,20). The normalized spacial score (nSPS) is 12.3. The number of ether oxygens (including phenoxy) is 1. The Morgan fingerprint density at radius 2 is 1.86 bits per heavy atom. The molecule has 1 aromatic rings. The SMILES string of the molecule is NCc1cc(C(F)(F)F)c(CC(=O)O)c(OC(F)(F)F)n1. The van der Waals surface area contributed by atoms with E-state index in [0.29, 0.717) is 6.07 Å². The molecule has 0 unspecified atom stereocenters. The van der Waals surface area contributed by atoms with E-state index in [1.165, 1.54) is 0 Å². The predicted molar refractivity (Wildman–Crippen MR) is 55.2 cm³/mol. The molecule has 0 saturated heterocycles. The van der Waals surface area contributed by atoms with Crippen LogP contribution in [-0.2, 0) is 23.9 Å². The maximum Gasteiger partial charge on any atom is 0.574 e. The Bertz CT molecular complexity index is 541. The second-order valence-corrected chi connectivity index (χ2v) is 3.77. The number of aliphatic carboxylic acids is 1. The summed E-state index contributed by atoms with van der Waals surface area (Å²) in [5.41, 5.74) is 1.74. The largest absolute Gasteiger partial charge is 0.574 e. The van der Waals surface area contributed by atoms with Crippen LogP contribution in [0.5, 0.6) is 5.88 Å². The van der Waals surface area contributed by atoms with Crippen molar-refractivity contribution in [2.75, 3.05) is 0 Å². The van der Waals surface area contributed by atoms with E-state index < -0.39 is 54.2 Å². The monoisotopic (exact) mass is 318 g/mol. The molecule has 21 heavy (non-hydrogen) atoms. The third-order valence-corrected chi connectivity index (χ3v) is 2.19. The van der Waals surface area contributed by atoms with Gasteiger partial charge in [0.05, 0.1) is 17.7 Å². The molecule has 0 aliphatic heterocycles. The van der Waals surface area contributed by atoms with Gasteiger partial charge in [-0.1, -0.05) is 0 Å². The van der Waals surface area contributed by atoms with Crippen LogP contribution in [0.1, 0.15) is 16.8 Å². The number of hydrogen-bond donors (Lipinski definition) is 2. The lowest BCUT2D eigenvalue weighted by atomic mass is 10.0. The zero-order chi connectivity index (χ0) is 16.4. The van der Waals surface area contributed by atoms with Crippen molar-refractivity contribution in [1.29, 1.82) is 0 Å². The van der Waals surface area contributed by atoms with Gasteiger partial charge in [-0.2, -0.15) is 13.2 Å². The van der Waals surface area contributed by atoms with Crippen LogP contribution in [0.15, 0.2) is 6.07 Å². The van der Waals surface area contributed by atoms with E-state index in [4.69, 9.17) is 10.8 Å². The number of carboxylic acid groups (broad SMARTS) is 1. The Morgan fingerprint density at radius 3 is 2.24 bits per heavy atom. The summed E-state index contributed by atoms with van der Waals surface area (Å²) in [4.78, 5) is 13.7. The highest BCUT2D eigenvalue weighted by atomic mass is 19.4. The van der Waals surface area contributed by atoms with Gasteiger partial charge < -0.3 is 15.6 Å². The van der Waals surface area contributed by atoms with Gasteiger partial charge in [0, 0.05) is 12.1 Å². The highest BCUT2D eigenvalue weighted by molar-refractivity contribution is 5.72. The Labute approximate surface area is 113 Å². The molecule has 1 heterocycles. The first-order chi connectivity index (χ1) is 9.44. The van der Waals surface area contributed by atoms with Gasteiger partial charge >= 0.3 is 18.5 Å². The number of hydrogen-bond acceptors (Lipinski definition) is 4. The van der Waals surface area contributed by atoms with Crippen molar-refractivity contribution in [3.8, 4) is 5.88 Å². The maximum atomic E-state index is 12.8. The van der Waals surface area contributed by atoms with Gasteiger partial charge in [0.1, 0.15) is 0 Å². The predicted octanol–water partition coefficient (Wildman–Crippen LogP) is 2.08. The van der Waals surface area contributed by atoms with E-state index >= 15 is 0 Å². The summed E-state index contributed by atoms with van der Waals surface area (Å²) in [6, 6.07) is 0.390. The Morgan fingerprint density at radius 1 is 1.29 bits per heavy atom. The van der Waals surface area contributed by atoms with Gasteiger partial charge in [0.2, 0.25) is 5.88 Å². The lowest BCUT2D eigenvalue weighted by molar-refractivity contribution is -0.276. The molecular formula is C10H8F6N2O3. The van der Waals surface area contributed by atoms with Crippen LogP contribution in [0.2, 0.25) is 0 Å². The van der Waals surface area contributed by atoms with Crippen LogP contribution in [-0.4, -0.2) is 22.4 Å². The minimum atomic E-state index is -5.32. The minimum absolute atomic E-state index is 0.390. The molecule has 118 valence electrons. The van der Waals surface area contributed by atoms with E-state index in [1.807, 2.05) is 0 Å². The van der Waals surface area contributed by atoms with Crippen molar-refractivity contribution in [3.05, 3.63) is 22.9 Å². The summed E-state index contributed by atoms with van der Waals surface area (Å²) in [5.74, 6) is -3.24. The average molecular weight is 318 g/mol. The third kappa shape index (κ3) is 4.77. The number of pyridine rings is 1. The third-order valence-electron chi connectivity index (χ3n) is 2.19. The second-order valence-electron chi connectivity index (χ2n) is 3.77. The molecular weight excluding hydrogens is 310 g/mol.